The number of hydrogen-bond acceptors (Lipinski definition) is 4. The average molecular weight is 179 g/mol. The lowest BCUT2D eigenvalue weighted by molar-refractivity contribution is 0.0697. The summed E-state index contributed by atoms with van der Waals surface area (Å²) in [5.74, 6) is -0.567. The molecule has 0 unspecified atom stereocenters. The Bertz CT molecular complexity index is 418. The lowest BCUT2D eigenvalue weighted by atomic mass is 10.4. The van der Waals surface area contributed by atoms with Gasteiger partial charge in [-0.15, -0.1) is 0 Å². The van der Waals surface area contributed by atoms with Crippen LogP contribution in [-0.2, 0) is 0 Å². The second-order valence-electron chi connectivity index (χ2n) is 2.33. The third-order valence-electron chi connectivity index (χ3n) is 1.48. The molecule has 6 heteroatoms. The van der Waals surface area contributed by atoms with Gasteiger partial charge in [-0.1, -0.05) is 0 Å². The van der Waals surface area contributed by atoms with Crippen molar-refractivity contribution in [3.8, 4) is 5.82 Å². The Morgan fingerprint density at radius 1 is 1.62 bits per heavy atom. The molecular weight excluding hydrogens is 174 g/mol. The van der Waals surface area contributed by atoms with E-state index in [2.05, 4.69) is 10.1 Å². The Balaban J connectivity index is 2.39. The maximum atomic E-state index is 10.5. The number of aromatic nitrogens is 3. The van der Waals surface area contributed by atoms with E-state index in [-0.39, 0.29) is 5.56 Å². The van der Waals surface area contributed by atoms with Crippen LogP contribution >= 0.6 is 0 Å². The van der Waals surface area contributed by atoms with Gasteiger partial charge in [0, 0.05) is 6.20 Å². The number of nitrogens with zero attached hydrogens (tertiary/aromatic N) is 3. The van der Waals surface area contributed by atoms with Gasteiger partial charge in [-0.3, -0.25) is 0 Å². The highest BCUT2D eigenvalue weighted by atomic mass is 16.4. The zero-order valence-electron chi connectivity index (χ0n) is 6.41. The van der Waals surface area contributed by atoms with E-state index in [0.717, 1.165) is 0 Å². The molecule has 1 N–H and O–H groups in total. The predicted octanol–water partition coefficient (Wildman–Crippen LogP) is 0.558. The molecule has 2 heterocycles. The summed E-state index contributed by atoms with van der Waals surface area (Å²) in [6.45, 7) is 0. The molecule has 0 atom stereocenters. The summed E-state index contributed by atoms with van der Waals surface area (Å²) >= 11 is 0. The molecule has 0 aliphatic heterocycles. The highest BCUT2D eigenvalue weighted by Gasteiger charge is 2.07. The van der Waals surface area contributed by atoms with Crippen LogP contribution < -0.4 is 0 Å². The predicted molar refractivity (Wildman–Crippen MR) is 40.6 cm³/mol. The van der Waals surface area contributed by atoms with Gasteiger partial charge in [-0.05, 0) is 0 Å². The normalized spacial score (nSPS) is 10.2. The zero-order valence-corrected chi connectivity index (χ0v) is 6.41. The number of oxazole rings is 1. The van der Waals surface area contributed by atoms with Crippen molar-refractivity contribution in [1.29, 1.82) is 0 Å². The first-order chi connectivity index (χ1) is 6.27. The van der Waals surface area contributed by atoms with Crippen molar-refractivity contribution < 1.29 is 14.3 Å². The van der Waals surface area contributed by atoms with E-state index >= 15 is 0 Å². The average Bonchev–Trinajstić information content (AvgIpc) is 2.75. The van der Waals surface area contributed by atoms with E-state index in [1.54, 1.807) is 0 Å². The third-order valence-corrected chi connectivity index (χ3v) is 1.48. The van der Waals surface area contributed by atoms with E-state index in [0.29, 0.717) is 5.82 Å². The van der Waals surface area contributed by atoms with Crippen molar-refractivity contribution in [1.82, 2.24) is 14.8 Å². The van der Waals surface area contributed by atoms with Crippen LogP contribution in [0.25, 0.3) is 5.82 Å². The first-order valence-electron chi connectivity index (χ1n) is 3.44. The highest BCUT2D eigenvalue weighted by Crippen LogP contribution is 2.04. The molecule has 0 bridgehead atoms. The van der Waals surface area contributed by atoms with Crippen molar-refractivity contribution in [2.24, 2.45) is 0 Å². The number of carbonyl (C=O) groups is 1. The van der Waals surface area contributed by atoms with Gasteiger partial charge in [0.05, 0.1) is 11.8 Å². The number of carboxylic acid groups (broad SMARTS) is 1. The molecule has 0 fully saturated rings. The van der Waals surface area contributed by atoms with Crippen molar-refractivity contribution in [3.63, 3.8) is 0 Å². The Morgan fingerprint density at radius 3 is 3.00 bits per heavy atom. The molecule has 0 spiro atoms. The topological polar surface area (TPSA) is 81.1 Å². The second kappa shape index (κ2) is 2.74. The SMILES string of the molecule is O=C(O)c1cnn(-c2cocn2)c1. The van der Waals surface area contributed by atoms with Crippen LogP contribution in [0, 0.1) is 0 Å². The molecule has 0 aliphatic carbocycles. The fourth-order valence-electron chi connectivity index (χ4n) is 0.878. The van der Waals surface area contributed by atoms with Crippen molar-refractivity contribution in [2.75, 3.05) is 0 Å². The zero-order chi connectivity index (χ0) is 9.26. The monoisotopic (exact) mass is 179 g/mol. The summed E-state index contributed by atoms with van der Waals surface area (Å²) in [7, 11) is 0. The summed E-state index contributed by atoms with van der Waals surface area (Å²) < 4.78 is 6.05. The Morgan fingerprint density at radius 2 is 2.46 bits per heavy atom. The van der Waals surface area contributed by atoms with Crippen molar-refractivity contribution >= 4 is 5.97 Å². The van der Waals surface area contributed by atoms with Gasteiger partial charge in [0.2, 0.25) is 0 Å². The van der Waals surface area contributed by atoms with Crippen LogP contribution in [0.1, 0.15) is 10.4 Å². The Kier molecular flexibility index (Phi) is 1.59. The smallest absolute Gasteiger partial charge is 0.338 e. The van der Waals surface area contributed by atoms with E-state index in [1.165, 1.54) is 29.7 Å². The summed E-state index contributed by atoms with van der Waals surface area (Å²) in [6, 6.07) is 0. The van der Waals surface area contributed by atoms with Crippen LogP contribution in [0.5, 0.6) is 0 Å². The van der Waals surface area contributed by atoms with Crippen LogP contribution in [0.2, 0.25) is 0 Å². The second-order valence-corrected chi connectivity index (χ2v) is 2.33. The molecule has 0 aromatic carbocycles. The van der Waals surface area contributed by atoms with Crippen molar-refractivity contribution in [3.05, 3.63) is 30.6 Å². The molecule has 0 amide bonds. The van der Waals surface area contributed by atoms with E-state index in [4.69, 9.17) is 9.52 Å². The first kappa shape index (κ1) is 7.53. The van der Waals surface area contributed by atoms with Gasteiger partial charge in [0.25, 0.3) is 0 Å². The molecule has 2 aromatic rings. The number of hydrogen-bond donors (Lipinski definition) is 1. The first-order valence-corrected chi connectivity index (χ1v) is 3.44. The van der Waals surface area contributed by atoms with Crippen LogP contribution in [0.4, 0.5) is 0 Å². The van der Waals surface area contributed by atoms with Crippen molar-refractivity contribution in [2.45, 2.75) is 0 Å². The number of aromatic carboxylic acids is 1. The molecule has 66 valence electrons. The fraction of sp³-hybridized carbons (Fsp3) is 0. The van der Waals surface area contributed by atoms with E-state index < -0.39 is 5.97 Å². The number of rotatable bonds is 2. The van der Waals surface area contributed by atoms with Gasteiger partial charge in [0.1, 0.15) is 6.26 Å². The van der Waals surface area contributed by atoms with Gasteiger partial charge in [-0.2, -0.15) is 10.1 Å². The minimum absolute atomic E-state index is 0.114. The maximum Gasteiger partial charge on any atom is 0.338 e. The van der Waals surface area contributed by atoms with Crippen LogP contribution in [-0.4, -0.2) is 25.8 Å². The molecule has 13 heavy (non-hydrogen) atoms. The van der Waals surface area contributed by atoms with E-state index in [1.807, 2.05) is 0 Å². The summed E-state index contributed by atoms with van der Waals surface area (Å²) in [6.07, 6.45) is 5.23. The molecule has 2 aromatic heterocycles. The van der Waals surface area contributed by atoms with Gasteiger partial charge in [0.15, 0.2) is 12.2 Å². The lowest BCUT2D eigenvalue weighted by Gasteiger charge is -1.89. The standard InChI is InChI=1S/C7H5N3O3/c11-7(12)5-1-9-10(2-5)6-3-13-4-8-6/h1-4H,(H,11,12). The molecule has 6 nitrogen and oxygen atoms in total. The summed E-state index contributed by atoms with van der Waals surface area (Å²) in [5, 5.41) is 12.4. The van der Waals surface area contributed by atoms with E-state index in [9.17, 15) is 4.79 Å². The molecule has 0 aliphatic rings. The number of carboxylic acids is 1. The minimum atomic E-state index is -1.02. The summed E-state index contributed by atoms with van der Waals surface area (Å²) in [4.78, 5) is 14.3. The molecule has 2 rings (SSSR count). The fourth-order valence-corrected chi connectivity index (χ4v) is 0.878. The van der Waals surface area contributed by atoms with Gasteiger partial charge < -0.3 is 9.52 Å². The maximum absolute atomic E-state index is 10.5. The lowest BCUT2D eigenvalue weighted by Crippen LogP contribution is -1.95. The highest BCUT2D eigenvalue weighted by molar-refractivity contribution is 5.86. The largest absolute Gasteiger partial charge is 0.478 e. The molecular formula is C7H5N3O3. The molecule has 0 saturated carbocycles. The minimum Gasteiger partial charge on any atom is -0.478 e. The Labute approximate surface area is 72.4 Å². The van der Waals surface area contributed by atoms with Crippen LogP contribution in [0.3, 0.4) is 0 Å². The quantitative estimate of drug-likeness (QED) is 0.728. The van der Waals surface area contributed by atoms with Crippen LogP contribution in [0.15, 0.2) is 29.5 Å². The summed E-state index contributed by atoms with van der Waals surface area (Å²) in [5.41, 5.74) is 0.114. The van der Waals surface area contributed by atoms with Gasteiger partial charge >= 0.3 is 5.97 Å². The Hall–Kier alpha value is -2.11. The van der Waals surface area contributed by atoms with Gasteiger partial charge in [-0.25, -0.2) is 9.48 Å². The molecule has 0 radical (unpaired) electrons. The molecule has 0 saturated heterocycles. The third kappa shape index (κ3) is 1.28.